The van der Waals surface area contributed by atoms with E-state index >= 15 is 0 Å². The van der Waals surface area contributed by atoms with Crippen LogP contribution in [0.25, 0.3) is 0 Å². The Labute approximate surface area is 225 Å². The van der Waals surface area contributed by atoms with E-state index in [1.165, 1.54) is 11.8 Å². The summed E-state index contributed by atoms with van der Waals surface area (Å²) in [7, 11) is 0. The fraction of sp³-hybridized carbons (Fsp3) is 0.828. The number of thioether (sulfide) groups is 1. The van der Waals surface area contributed by atoms with Crippen LogP contribution in [0.4, 0.5) is 0 Å². The molecule has 4 saturated carbocycles. The van der Waals surface area contributed by atoms with Crippen molar-refractivity contribution in [2.75, 3.05) is 5.75 Å². The minimum absolute atomic E-state index is 0.000283. The monoisotopic (exact) mass is 535 g/mol. The number of ether oxygens (including phenoxy) is 1. The van der Waals surface area contributed by atoms with E-state index < -0.39 is 29.1 Å². The maximum Gasteiger partial charge on any atom is 0.316 e. The summed E-state index contributed by atoms with van der Waals surface area (Å²) < 4.78 is 6.30. The van der Waals surface area contributed by atoms with Crippen LogP contribution >= 0.6 is 11.8 Å². The van der Waals surface area contributed by atoms with Crippen LogP contribution in [0.3, 0.4) is 0 Å². The maximum absolute atomic E-state index is 13.5. The van der Waals surface area contributed by atoms with E-state index in [4.69, 9.17) is 4.74 Å². The summed E-state index contributed by atoms with van der Waals surface area (Å²) in [4.78, 5) is 37.7. The van der Waals surface area contributed by atoms with Gasteiger partial charge >= 0.3 is 5.97 Å². The smallest absolute Gasteiger partial charge is 0.316 e. The number of hydrogen-bond acceptors (Lipinski definition) is 7. The maximum atomic E-state index is 13.5. The molecule has 0 heterocycles. The van der Waals surface area contributed by atoms with Crippen LogP contribution in [0, 0.1) is 34.0 Å². The van der Waals surface area contributed by atoms with Gasteiger partial charge in [-0.2, -0.15) is 0 Å². The first kappa shape index (κ1) is 28.6. The number of esters is 1. The lowest BCUT2D eigenvalue weighted by molar-refractivity contribution is -0.205. The third-order valence-electron chi connectivity index (χ3n) is 11.1. The molecule has 11 atom stereocenters. The summed E-state index contributed by atoms with van der Waals surface area (Å²) in [6.45, 7) is 12.5. The molecule has 208 valence electrons. The molecule has 4 rings (SSSR count). The number of aliphatic hydroxyl groups is 2. The summed E-state index contributed by atoms with van der Waals surface area (Å²) >= 11 is 1.37. The van der Waals surface area contributed by atoms with Crippen LogP contribution in [0.2, 0.25) is 0 Å². The first-order valence-electron chi connectivity index (χ1n) is 14.0. The van der Waals surface area contributed by atoms with Crippen LogP contribution in [0.1, 0.15) is 79.1 Å². The molecule has 0 radical (unpaired) electrons. The van der Waals surface area contributed by atoms with Crippen LogP contribution in [0.5, 0.6) is 0 Å². The van der Waals surface area contributed by atoms with E-state index in [2.05, 4.69) is 32.7 Å². The van der Waals surface area contributed by atoms with Gasteiger partial charge in [0.1, 0.15) is 11.9 Å². The summed E-state index contributed by atoms with van der Waals surface area (Å²) in [5.74, 6) is -0.161. The number of nitrogens with one attached hydrogen (secondary N) is 1. The molecule has 8 heteroatoms. The molecule has 7 nitrogen and oxygen atoms in total. The Bertz CT molecular complexity index is 913. The molecular formula is C29H45NO6S. The van der Waals surface area contributed by atoms with Crippen molar-refractivity contribution < 1.29 is 29.3 Å². The van der Waals surface area contributed by atoms with Gasteiger partial charge in [-0.25, -0.2) is 0 Å². The van der Waals surface area contributed by atoms with E-state index in [-0.39, 0.29) is 52.0 Å². The van der Waals surface area contributed by atoms with Gasteiger partial charge in [-0.1, -0.05) is 33.8 Å². The van der Waals surface area contributed by atoms with Crippen molar-refractivity contribution in [2.45, 2.75) is 109 Å². The number of Topliss-reactive ketones (excluding diaryl/α,β-unsaturated/α-hetero) is 1. The topological polar surface area (TPSA) is 113 Å². The van der Waals surface area contributed by atoms with Gasteiger partial charge in [0.05, 0.1) is 18.0 Å². The Morgan fingerprint density at radius 1 is 1.22 bits per heavy atom. The van der Waals surface area contributed by atoms with E-state index in [0.29, 0.717) is 32.1 Å². The first-order valence-corrected chi connectivity index (χ1v) is 15.0. The summed E-state index contributed by atoms with van der Waals surface area (Å²) in [5.41, 5.74) is -1.49. The number of ketones is 1. The zero-order chi connectivity index (χ0) is 27.2. The lowest BCUT2D eigenvalue weighted by Gasteiger charge is -2.61. The summed E-state index contributed by atoms with van der Waals surface area (Å²) in [5, 5.41) is 24.7. The molecule has 0 spiro atoms. The number of aliphatic hydroxyl groups excluding tert-OH is 2. The van der Waals surface area contributed by atoms with E-state index in [1.54, 1.807) is 6.08 Å². The lowest BCUT2D eigenvalue weighted by atomic mass is 9.44. The van der Waals surface area contributed by atoms with Crippen LogP contribution in [-0.2, 0) is 19.1 Å². The predicted molar refractivity (Wildman–Crippen MR) is 144 cm³/mol. The second-order valence-corrected chi connectivity index (χ2v) is 14.0. The summed E-state index contributed by atoms with van der Waals surface area (Å²) in [6.07, 6.45) is 6.18. The largest absolute Gasteiger partial charge is 0.461 e. The molecule has 1 amide bonds. The molecule has 0 saturated heterocycles. The minimum atomic E-state index is -0.688. The second-order valence-electron chi connectivity index (χ2n) is 12.8. The van der Waals surface area contributed by atoms with Crippen LogP contribution in [0.15, 0.2) is 12.7 Å². The standard InChI is InChI=1S/C29H45NO6S/c1-6-27(4)14-23(36-24(34)15-37-22-13-19(30-16-31)7-8-20(22)32)28(5)17(2)9-11-29(18(3)26(27)35)12-10-21(33)25(28)29/h6,16-20,22-23,25-26,32,35H,1,7-15H2,2-5H3,(H,30,31)/t17?,18-,19-,20-,22+,23+,25-,26-,27+,28-,29?/m0/s1. The third kappa shape index (κ3) is 4.80. The molecule has 4 aliphatic carbocycles. The van der Waals surface area contributed by atoms with Gasteiger partial charge in [0, 0.05) is 34.5 Å². The zero-order valence-electron chi connectivity index (χ0n) is 22.8. The molecule has 0 aromatic rings. The normalized spacial score (nSPS) is 47.8. The lowest BCUT2D eigenvalue weighted by Crippen LogP contribution is -2.63. The van der Waals surface area contributed by atoms with Gasteiger partial charge in [-0.3, -0.25) is 14.4 Å². The molecule has 3 N–H and O–H groups in total. The molecule has 0 aliphatic heterocycles. The number of hydrogen-bond donors (Lipinski definition) is 3. The first-order chi connectivity index (χ1) is 17.4. The van der Waals surface area contributed by atoms with E-state index in [9.17, 15) is 24.6 Å². The Morgan fingerprint density at radius 2 is 1.95 bits per heavy atom. The Hall–Kier alpha value is -1.38. The van der Waals surface area contributed by atoms with Crippen LogP contribution in [-0.4, -0.2) is 63.7 Å². The number of amides is 1. The van der Waals surface area contributed by atoms with Crippen molar-refractivity contribution in [2.24, 2.45) is 34.0 Å². The molecule has 0 aromatic carbocycles. The van der Waals surface area contributed by atoms with Crippen molar-refractivity contribution in [3.63, 3.8) is 0 Å². The fourth-order valence-electron chi connectivity index (χ4n) is 8.41. The Balaban J connectivity index is 1.59. The average molecular weight is 536 g/mol. The van der Waals surface area contributed by atoms with Crippen molar-refractivity contribution >= 4 is 29.9 Å². The van der Waals surface area contributed by atoms with Crippen molar-refractivity contribution in [3.8, 4) is 0 Å². The second kappa shape index (κ2) is 10.6. The Morgan fingerprint density at radius 3 is 2.62 bits per heavy atom. The van der Waals surface area contributed by atoms with Crippen molar-refractivity contribution in [3.05, 3.63) is 12.7 Å². The van der Waals surface area contributed by atoms with E-state index in [1.807, 2.05) is 6.92 Å². The number of rotatable bonds is 7. The summed E-state index contributed by atoms with van der Waals surface area (Å²) in [6, 6.07) is 0.000283. The molecule has 4 fully saturated rings. The molecule has 4 aliphatic rings. The molecule has 2 unspecified atom stereocenters. The molecular weight excluding hydrogens is 490 g/mol. The molecule has 0 aromatic heterocycles. The minimum Gasteiger partial charge on any atom is -0.461 e. The molecule has 37 heavy (non-hydrogen) atoms. The van der Waals surface area contributed by atoms with Gasteiger partial charge in [0.2, 0.25) is 6.41 Å². The van der Waals surface area contributed by atoms with Crippen molar-refractivity contribution in [1.29, 1.82) is 0 Å². The predicted octanol–water partition coefficient (Wildman–Crippen LogP) is 3.65. The van der Waals surface area contributed by atoms with Gasteiger partial charge in [-0.15, -0.1) is 18.3 Å². The van der Waals surface area contributed by atoms with Gasteiger partial charge in [0.25, 0.3) is 0 Å². The van der Waals surface area contributed by atoms with Crippen molar-refractivity contribution in [1.82, 2.24) is 5.32 Å². The number of carbonyl (C=O) groups excluding carboxylic acids is 3. The highest BCUT2D eigenvalue weighted by atomic mass is 32.2. The Kier molecular flexibility index (Phi) is 8.24. The zero-order valence-corrected chi connectivity index (χ0v) is 23.6. The van der Waals surface area contributed by atoms with E-state index in [0.717, 1.165) is 25.7 Å². The van der Waals surface area contributed by atoms with Crippen LogP contribution < -0.4 is 5.32 Å². The number of carbonyl (C=O) groups is 3. The average Bonchev–Trinajstić information content (AvgIpc) is 3.23. The highest BCUT2D eigenvalue weighted by molar-refractivity contribution is 8.00. The fourth-order valence-corrected chi connectivity index (χ4v) is 9.55. The highest BCUT2D eigenvalue weighted by Gasteiger charge is 2.68. The third-order valence-corrected chi connectivity index (χ3v) is 12.4. The SMILES string of the molecule is C=C[C@]1(C)C[C@@H](OC(=O)CS[C@@H]2C[C@@H](NC=O)CC[C@@H]2O)[C@]2(C)C(C)CCC3(CCC(=O)[C@H]32)[C@@H](C)[C@@H]1O. The quantitative estimate of drug-likeness (QED) is 0.259. The molecule has 2 bridgehead atoms. The highest BCUT2D eigenvalue weighted by Crippen LogP contribution is 2.68. The van der Waals surface area contributed by atoms with Gasteiger partial charge < -0.3 is 20.3 Å². The van der Waals surface area contributed by atoms with Gasteiger partial charge in [0.15, 0.2) is 0 Å². The van der Waals surface area contributed by atoms with Gasteiger partial charge in [-0.05, 0) is 62.2 Å².